The number of sulfonamides is 1. The molecule has 1 aliphatic rings. The van der Waals surface area contributed by atoms with E-state index in [0.29, 0.717) is 37.6 Å². The molecule has 0 radical (unpaired) electrons. The van der Waals surface area contributed by atoms with E-state index in [2.05, 4.69) is 0 Å². The molecule has 4 rings (SSSR count). The molecule has 1 saturated heterocycles. The summed E-state index contributed by atoms with van der Waals surface area (Å²) in [5.41, 5.74) is 1.85. The Morgan fingerprint density at radius 2 is 1.58 bits per heavy atom. The number of nitrogens with zero attached hydrogens (tertiary/aromatic N) is 3. The smallest absolute Gasteiger partial charge is 0.264 e. The van der Waals surface area contributed by atoms with Gasteiger partial charge in [0, 0.05) is 26.2 Å². The summed E-state index contributed by atoms with van der Waals surface area (Å²) in [7, 11) is -3.94. The van der Waals surface area contributed by atoms with E-state index in [1.165, 1.54) is 22.5 Å². The van der Waals surface area contributed by atoms with E-state index in [9.17, 15) is 17.6 Å². The van der Waals surface area contributed by atoms with E-state index in [1.54, 1.807) is 59.5 Å². The maximum Gasteiger partial charge on any atom is 0.264 e. The van der Waals surface area contributed by atoms with Gasteiger partial charge < -0.3 is 9.80 Å². The Kier molecular flexibility index (Phi) is 6.65. The summed E-state index contributed by atoms with van der Waals surface area (Å²) >= 11 is 0. The summed E-state index contributed by atoms with van der Waals surface area (Å²) < 4.78 is 42.2. The maximum atomic E-state index is 14.1. The van der Waals surface area contributed by atoms with Gasteiger partial charge >= 0.3 is 0 Å². The quantitative estimate of drug-likeness (QED) is 0.555. The van der Waals surface area contributed by atoms with E-state index < -0.39 is 10.0 Å². The van der Waals surface area contributed by atoms with Crippen molar-refractivity contribution in [3.8, 4) is 0 Å². The van der Waals surface area contributed by atoms with E-state index in [-0.39, 0.29) is 23.2 Å². The number of para-hydroxylation sites is 1. The van der Waals surface area contributed by atoms with Gasteiger partial charge in [0.25, 0.3) is 10.0 Å². The molecule has 0 aromatic heterocycles. The summed E-state index contributed by atoms with van der Waals surface area (Å²) in [5, 5.41) is 0. The minimum Gasteiger partial charge on any atom is -0.366 e. The van der Waals surface area contributed by atoms with Gasteiger partial charge in [-0.2, -0.15) is 0 Å². The molecule has 1 heterocycles. The van der Waals surface area contributed by atoms with Crippen molar-refractivity contribution in [1.29, 1.82) is 0 Å². The van der Waals surface area contributed by atoms with Crippen molar-refractivity contribution in [1.82, 2.24) is 4.90 Å². The number of aryl methyl sites for hydroxylation is 1. The van der Waals surface area contributed by atoms with E-state index in [0.717, 1.165) is 5.56 Å². The molecule has 0 bridgehead atoms. The first-order chi connectivity index (χ1) is 15.9. The van der Waals surface area contributed by atoms with Gasteiger partial charge in [0.2, 0.25) is 5.91 Å². The number of anilines is 2. The molecule has 1 aliphatic heterocycles. The van der Waals surface area contributed by atoms with Crippen molar-refractivity contribution in [2.24, 2.45) is 0 Å². The van der Waals surface area contributed by atoms with Crippen LogP contribution in [0.3, 0.4) is 0 Å². The van der Waals surface area contributed by atoms with Gasteiger partial charge in [0.1, 0.15) is 12.4 Å². The Hall–Kier alpha value is -3.39. The monoisotopic (exact) mass is 467 g/mol. The summed E-state index contributed by atoms with van der Waals surface area (Å²) in [5.74, 6) is -0.582. The van der Waals surface area contributed by atoms with Crippen LogP contribution in [0.4, 0.5) is 15.8 Å². The zero-order valence-corrected chi connectivity index (χ0v) is 19.2. The van der Waals surface area contributed by atoms with Crippen LogP contribution in [0.1, 0.15) is 5.56 Å². The van der Waals surface area contributed by atoms with Gasteiger partial charge in [0.05, 0.1) is 16.3 Å². The number of benzene rings is 3. The first kappa shape index (κ1) is 22.8. The van der Waals surface area contributed by atoms with Crippen LogP contribution in [0.25, 0.3) is 0 Å². The zero-order valence-electron chi connectivity index (χ0n) is 18.4. The van der Waals surface area contributed by atoms with Gasteiger partial charge in [-0.3, -0.25) is 9.10 Å². The standard InChI is InChI=1S/C25H26FN3O3S/c1-20-8-7-9-21(18-20)29(33(31,32)22-10-3-2-4-11-22)19-25(30)28-16-14-27(15-17-28)24-13-6-5-12-23(24)26/h2-13,18H,14-17,19H2,1H3. The predicted octanol–water partition coefficient (Wildman–Crippen LogP) is 3.68. The second-order valence-electron chi connectivity index (χ2n) is 7.98. The molecule has 0 N–H and O–H groups in total. The number of piperazine rings is 1. The summed E-state index contributed by atoms with van der Waals surface area (Å²) in [6.45, 7) is 3.30. The van der Waals surface area contributed by atoms with Crippen LogP contribution in [0.2, 0.25) is 0 Å². The lowest BCUT2D eigenvalue weighted by Crippen LogP contribution is -2.52. The molecule has 1 fully saturated rings. The van der Waals surface area contributed by atoms with Crippen LogP contribution >= 0.6 is 0 Å². The van der Waals surface area contributed by atoms with Crippen LogP contribution < -0.4 is 9.21 Å². The van der Waals surface area contributed by atoms with Gasteiger partial charge in [-0.05, 0) is 48.9 Å². The normalized spacial score (nSPS) is 14.2. The largest absolute Gasteiger partial charge is 0.366 e. The summed E-state index contributed by atoms with van der Waals surface area (Å²) in [4.78, 5) is 16.9. The molecule has 0 saturated carbocycles. The highest BCUT2D eigenvalue weighted by atomic mass is 32.2. The highest BCUT2D eigenvalue weighted by molar-refractivity contribution is 7.92. The van der Waals surface area contributed by atoms with Crippen molar-refractivity contribution >= 4 is 27.3 Å². The molecule has 0 spiro atoms. The van der Waals surface area contributed by atoms with Gasteiger partial charge in [-0.15, -0.1) is 0 Å². The fraction of sp³-hybridized carbons (Fsp3) is 0.240. The second kappa shape index (κ2) is 9.62. The minimum absolute atomic E-state index is 0.128. The third-order valence-corrected chi connectivity index (χ3v) is 7.51. The van der Waals surface area contributed by atoms with Crippen LogP contribution in [0, 0.1) is 12.7 Å². The molecule has 3 aromatic rings. The van der Waals surface area contributed by atoms with Crippen molar-refractivity contribution in [3.05, 3.63) is 90.2 Å². The van der Waals surface area contributed by atoms with Crippen molar-refractivity contribution in [2.75, 3.05) is 41.9 Å². The van der Waals surface area contributed by atoms with Crippen LogP contribution in [-0.2, 0) is 14.8 Å². The molecule has 0 atom stereocenters. The van der Waals surface area contributed by atoms with E-state index >= 15 is 0 Å². The Labute approximate surface area is 193 Å². The van der Waals surface area contributed by atoms with E-state index in [1.807, 2.05) is 17.9 Å². The number of carbonyl (C=O) groups is 1. The predicted molar refractivity (Wildman–Crippen MR) is 127 cm³/mol. The molecule has 172 valence electrons. The van der Waals surface area contributed by atoms with Crippen molar-refractivity contribution in [2.45, 2.75) is 11.8 Å². The lowest BCUT2D eigenvalue weighted by atomic mass is 10.2. The Morgan fingerprint density at radius 3 is 2.24 bits per heavy atom. The molecule has 33 heavy (non-hydrogen) atoms. The highest BCUT2D eigenvalue weighted by Crippen LogP contribution is 2.25. The molecular formula is C25H26FN3O3S. The fourth-order valence-corrected chi connectivity index (χ4v) is 5.37. The van der Waals surface area contributed by atoms with Crippen LogP contribution in [0.15, 0.2) is 83.8 Å². The van der Waals surface area contributed by atoms with E-state index in [4.69, 9.17) is 0 Å². The first-order valence-corrected chi connectivity index (χ1v) is 12.2. The highest BCUT2D eigenvalue weighted by Gasteiger charge is 2.30. The SMILES string of the molecule is Cc1cccc(N(CC(=O)N2CCN(c3ccccc3F)CC2)S(=O)(=O)c2ccccc2)c1. The minimum atomic E-state index is -3.94. The van der Waals surface area contributed by atoms with Gasteiger partial charge in [-0.1, -0.05) is 42.5 Å². The third-order valence-electron chi connectivity index (χ3n) is 5.73. The number of halogens is 1. The van der Waals surface area contributed by atoms with Crippen molar-refractivity contribution < 1.29 is 17.6 Å². The zero-order chi connectivity index (χ0) is 23.4. The third kappa shape index (κ3) is 5.01. The molecule has 6 nitrogen and oxygen atoms in total. The molecule has 8 heteroatoms. The number of carbonyl (C=O) groups excluding carboxylic acids is 1. The van der Waals surface area contributed by atoms with Gasteiger partial charge in [0.15, 0.2) is 0 Å². The number of amides is 1. The first-order valence-electron chi connectivity index (χ1n) is 10.8. The van der Waals surface area contributed by atoms with Crippen molar-refractivity contribution in [3.63, 3.8) is 0 Å². The molecule has 0 aliphatic carbocycles. The summed E-state index contributed by atoms with van der Waals surface area (Å²) in [6, 6.07) is 21.8. The molecule has 3 aromatic carbocycles. The molecule has 0 unspecified atom stereocenters. The Morgan fingerprint density at radius 1 is 0.909 bits per heavy atom. The number of hydrogen-bond donors (Lipinski definition) is 0. The topological polar surface area (TPSA) is 60.9 Å². The average Bonchev–Trinajstić information content (AvgIpc) is 2.83. The average molecular weight is 468 g/mol. The lowest BCUT2D eigenvalue weighted by molar-refractivity contribution is -0.129. The second-order valence-corrected chi connectivity index (χ2v) is 9.85. The maximum absolute atomic E-state index is 14.1. The van der Waals surface area contributed by atoms with Crippen LogP contribution in [0.5, 0.6) is 0 Å². The molecule has 1 amide bonds. The fourth-order valence-electron chi connectivity index (χ4n) is 3.95. The molecular weight excluding hydrogens is 441 g/mol. The summed E-state index contributed by atoms with van der Waals surface area (Å²) in [6.07, 6.45) is 0. The lowest BCUT2D eigenvalue weighted by Gasteiger charge is -2.37. The number of rotatable bonds is 6. The number of hydrogen-bond acceptors (Lipinski definition) is 4. The Bertz CT molecular complexity index is 1230. The van der Waals surface area contributed by atoms with Gasteiger partial charge in [-0.25, -0.2) is 12.8 Å². The van der Waals surface area contributed by atoms with Crippen LogP contribution in [-0.4, -0.2) is 51.9 Å². The Balaban J connectivity index is 1.53.